The van der Waals surface area contributed by atoms with E-state index >= 15 is 0 Å². The third kappa shape index (κ3) is 4.12. The highest BCUT2D eigenvalue weighted by molar-refractivity contribution is 8.01. The zero-order valence-corrected chi connectivity index (χ0v) is 14.1. The molecule has 1 fully saturated rings. The molecule has 3 rings (SSSR count). The SMILES string of the molecule is CCOc1ccccc1Nc1nnc(SC[C@H]2CCCO2)s1. The molecule has 1 aromatic carbocycles. The van der Waals surface area contributed by atoms with Crippen molar-refractivity contribution in [3.05, 3.63) is 24.3 Å². The van der Waals surface area contributed by atoms with Crippen molar-refractivity contribution in [1.29, 1.82) is 0 Å². The van der Waals surface area contributed by atoms with Crippen LogP contribution in [0, 0.1) is 0 Å². The van der Waals surface area contributed by atoms with Crippen LogP contribution in [0.15, 0.2) is 28.6 Å². The number of hydrogen-bond donors (Lipinski definition) is 1. The Morgan fingerprint density at radius 3 is 3.14 bits per heavy atom. The molecule has 1 saturated heterocycles. The van der Waals surface area contributed by atoms with Crippen molar-refractivity contribution >= 4 is 33.9 Å². The number of benzene rings is 1. The quantitative estimate of drug-likeness (QED) is 0.772. The lowest BCUT2D eigenvalue weighted by atomic mass is 10.3. The van der Waals surface area contributed by atoms with Gasteiger partial charge in [0.2, 0.25) is 5.13 Å². The number of para-hydroxylation sites is 2. The van der Waals surface area contributed by atoms with Crippen LogP contribution >= 0.6 is 23.1 Å². The number of anilines is 2. The zero-order valence-electron chi connectivity index (χ0n) is 12.4. The van der Waals surface area contributed by atoms with E-state index in [2.05, 4.69) is 15.5 Å². The van der Waals surface area contributed by atoms with E-state index in [-0.39, 0.29) is 0 Å². The molecule has 1 atom stereocenters. The summed E-state index contributed by atoms with van der Waals surface area (Å²) in [6.45, 7) is 3.50. The van der Waals surface area contributed by atoms with E-state index in [1.165, 1.54) is 6.42 Å². The minimum Gasteiger partial charge on any atom is -0.492 e. The second-order valence-electron chi connectivity index (χ2n) is 4.87. The maximum atomic E-state index is 5.62. The molecule has 118 valence electrons. The molecule has 5 nitrogen and oxygen atoms in total. The largest absolute Gasteiger partial charge is 0.492 e. The molecule has 0 unspecified atom stereocenters. The first-order chi connectivity index (χ1) is 10.8. The van der Waals surface area contributed by atoms with Gasteiger partial charge in [0.15, 0.2) is 4.34 Å². The van der Waals surface area contributed by atoms with Gasteiger partial charge in [-0.15, -0.1) is 10.2 Å². The molecular weight excluding hydrogens is 318 g/mol. The van der Waals surface area contributed by atoms with Gasteiger partial charge in [-0.3, -0.25) is 0 Å². The van der Waals surface area contributed by atoms with Gasteiger partial charge in [0.1, 0.15) is 5.75 Å². The molecule has 2 heterocycles. The van der Waals surface area contributed by atoms with Crippen LogP contribution in [0.5, 0.6) is 5.75 Å². The molecule has 1 N–H and O–H groups in total. The molecule has 22 heavy (non-hydrogen) atoms. The Hall–Kier alpha value is -1.31. The van der Waals surface area contributed by atoms with Gasteiger partial charge in [-0.05, 0) is 31.9 Å². The summed E-state index contributed by atoms with van der Waals surface area (Å²) in [7, 11) is 0. The number of hydrogen-bond acceptors (Lipinski definition) is 7. The molecule has 0 aliphatic carbocycles. The van der Waals surface area contributed by atoms with Crippen LogP contribution in [0.3, 0.4) is 0 Å². The monoisotopic (exact) mass is 337 g/mol. The van der Waals surface area contributed by atoms with Crippen molar-refractivity contribution in [2.45, 2.75) is 30.2 Å². The summed E-state index contributed by atoms with van der Waals surface area (Å²) < 4.78 is 12.2. The van der Waals surface area contributed by atoms with Crippen molar-refractivity contribution in [3.63, 3.8) is 0 Å². The van der Waals surface area contributed by atoms with E-state index in [1.54, 1.807) is 23.1 Å². The lowest BCUT2D eigenvalue weighted by molar-refractivity contribution is 0.129. The number of ether oxygens (including phenoxy) is 2. The molecule has 0 amide bonds. The smallest absolute Gasteiger partial charge is 0.210 e. The van der Waals surface area contributed by atoms with E-state index in [0.29, 0.717) is 12.7 Å². The van der Waals surface area contributed by atoms with E-state index in [4.69, 9.17) is 9.47 Å². The van der Waals surface area contributed by atoms with Gasteiger partial charge in [-0.25, -0.2) is 0 Å². The van der Waals surface area contributed by atoms with Crippen LogP contribution in [0.1, 0.15) is 19.8 Å². The van der Waals surface area contributed by atoms with Crippen LogP contribution in [0.4, 0.5) is 10.8 Å². The summed E-state index contributed by atoms with van der Waals surface area (Å²) in [6.07, 6.45) is 2.69. The lowest BCUT2D eigenvalue weighted by Gasteiger charge is -2.09. The number of rotatable bonds is 7. The fourth-order valence-corrected chi connectivity index (χ4v) is 4.08. The molecule has 1 aliphatic rings. The highest BCUT2D eigenvalue weighted by atomic mass is 32.2. The molecule has 0 bridgehead atoms. The molecular formula is C15H19N3O2S2. The average Bonchev–Trinajstić information content (AvgIpc) is 3.19. The second-order valence-corrected chi connectivity index (χ2v) is 7.12. The molecule has 7 heteroatoms. The molecule has 0 saturated carbocycles. The normalized spacial score (nSPS) is 17.6. The topological polar surface area (TPSA) is 56.3 Å². The minimum atomic E-state index is 0.365. The molecule has 1 aromatic heterocycles. The van der Waals surface area contributed by atoms with Gasteiger partial charge in [0, 0.05) is 12.4 Å². The van der Waals surface area contributed by atoms with Crippen molar-refractivity contribution in [1.82, 2.24) is 10.2 Å². The van der Waals surface area contributed by atoms with Gasteiger partial charge < -0.3 is 14.8 Å². The van der Waals surface area contributed by atoms with Crippen LogP contribution < -0.4 is 10.1 Å². The summed E-state index contributed by atoms with van der Waals surface area (Å²) in [6, 6.07) is 7.85. The number of nitrogens with zero attached hydrogens (tertiary/aromatic N) is 2. The summed E-state index contributed by atoms with van der Waals surface area (Å²) in [4.78, 5) is 0. The Labute approximate surface area is 138 Å². The first kappa shape index (κ1) is 15.6. The highest BCUT2D eigenvalue weighted by Gasteiger charge is 2.17. The third-order valence-corrected chi connectivity index (χ3v) is 5.36. The van der Waals surface area contributed by atoms with Crippen LogP contribution in [0.2, 0.25) is 0 Å². The fraction of sp³-hybridized carbons (Fsp3) is 0.467. The Morgan fingerprint density at radius 1 is 1.41 bits per heavy atom. The van der Waals surface area contributed by atoms with Crippen LogP contribution in [0.25, 0.3) is 0 Å². The third-order valence-electron chi connectivity index (χ3n) is 3.25. The Kier molecular flexibility index (Phi) is 5.53. The van der Waals surface area contributed by atoms with Gasteiger partial charge in [-0.2, -0.15) is 0 Å². The number of aromatic nitrogens is 2. The molecule has 0 spiro atoms. The van der Waals surface area contributed by atoms with Gasteiger partial charge in [0.25, 0.3) is 0 Å². The zero-order chi connectivity index (χ0) is 15.2. The average molecular weight is 337 g/mol. The second kappa shape index (κ2) is 7.80. The van der Waals surface area contributed by atoms with Gasteiger partial charge >= 0.3 is 0 Å². The Morgan fingerprint density at radius 2 is 2.32 bits per heavy atom. The predicted molar refractivity (Wildman–Crippen MR) is 90.5 cm³/mol. The van der Waals surface area contributed by atoms with Crippen LogP contribution in [-0.2, 0) is 4.74 Å². The van der Waals surface area contributed by atoms with Crippen molar-refractivity contribution in [3.8, 4) is 5.75 Å². The molecule has 2 aromatic rings. The van der Waals surface area contributed by atoms with Crippen molar-refractivity contribution in [2.24, 2.45) is 0 Å². The Bertz CT molecular complexity index is 600. The predicted octanol–water partition coefficient (Wildman–Crippen LogP) is 3.95. The molecule has 0 radical (unpaired) electrons. The van der Waals surface area contributed by atoms with Crippen LogP contribution in [-0.4, -0.2) is 35.3 Å². The standard InChI is InChI=1S/C15H19N3O2S2/c1-2-19-13-8-4-3-7-12(13)16-14-17-18-15(22-14)21-10-11-6-5-9-20-11/h3-4,7-8,11H,2,5-6,9-10H2,1H3,(H,16,17)/t11-/m1/s1. The lowest BCUT2D eigenvalue weighted by Crippen LogP contribution is -2.07. The van der Waals surface area contributed by atoms with E-state index in [1.807, 2.05) is 31.2 Å². The van der Waals surface area contributed by atoms with Gasteiger partial charge in [0.05, 0.1) is 18.4 Å². The summed E-state index contributed by atoms with van der Waals surface area (Å²) in [5, 5.41) is 12.5. The maximum Gasteiger partial charge on any atom is 0.210 e. The highest BCUT2D eigenvalue weighted by Crippen LogP contribution is 2.32. The van der Waals surface area contributed by atoms with E-state index in [9.17, 15) is 0 Å². The number of nitrogens with one attached hydrogen (secondary N) is 1. The van der Waals surface area contributed by atoms with Gasteiger partial charge in [-0.1, -0.05) is 35.2 Å². The van der Waals surface area contributed by atoms with Crippen molar-refractivity contribution < 1.29 is 9.47 Å². The summed E-state index contributed by atoms with van der Waals surface area (Å²) >= 11 is 3.27. The van der Waals surface area contributed by atoms with E-state index < -0.39 is 0 Å². The fourth-order valence-electron chi connectivity index (χ4n) is 2.23. The first-order valence-corrected chi connectivity index (χ1v) is 9.22. The first-order valence-electron chi connectivity index (χ1n) is 7.42. The minimum absolute atomic E-state index is 0.365. The maximum absolute atomic E-state index is 5.62. The summed E-state index contributed by atoms with van der Waals surface area (Å²) in [5.41, 5.74) is 0.913. The summed E-state index contributed by atoms with van der Waals surface area (Å²) in [5.74, 6) is 1.78. The molecule has 1 aliphatic heterocycles. The van der Waals surface area contributed by atoms with Crippen molar-refractivity contribution in [2.75, 3.05) is 24.3 Å². The Balaban J connectivity index is 1.59. The van der Waals surface area contributed by atoms with E-state index in [0.717, 1.165) is 39.7 Å². The number of thioether (sulfide) groups is 1.